The summed E-state index contributed by atoms with van der Waals surface area (Å²) in [5, 5.41) is 0. The summed E-state index contributed by atoms with van der Waals surface area (Å²) in [5.41, 5.74) is 1.81. The van der Waals surface area contributed by atoms with E-state index in [0.29, 0.717) is 31.9 Å². The fourth-order valence-electron chi connectivity index (χ4n) is 2.88. The second-order valence-corrected chi connectivity index (χ2v) is 6.16. The quantitative estimate of drug-likeness (QED) is 0.734. The van der Waals surface area contributed by atoms with Gasteiger partial charge in [-0.1, -0.05) is 12.1 Å². The number of para-hydroxylation sites is 2. The van der Waals surface area contributed by atoms with Crippen molar-refractivity contribution in [3.05, 3.63) is 48.0 Å². The van der Waals surface area contributed by atoms with Crippen LogP contribution in [0.3, 0.4) is 0 Å². The lowest BCUT2D eigenvalue weighted by atomic mass is 10.2. The summed E-state index contributed by atoms with van der Waals surface area (Å²) in [6.07, 6.45) is 2.82. The van der Waals surface area contributed by atoms with Crippen LogP contribution < -0.4 is 9.64 Å². The number of aromatic nitrogens is 2. The van der Waals surface area contributed by atoms with Gasteiger partial charge in [-0.05, 0) is 19.1 Å². The lowest BCUT2D eigenvalue weighted by molar-refractivity contribution is -0.134. The molecule has 1 saturated heterocycles. The Morgan fingerprint density at radius 1 is 1.07 bits per heavy atom. The molecule has 8 heteroatoms. The van der Waals surface area contributed by atoms with Crippen molar-refractivity contribution in [2.24, 2.45) is 0 Å². The van der Waals surface area contributed by atoms with Crippen molar-refractivity contribution < 1.29 is 19.1 Å². The van der Waals surface area contributed by atoms with E-state index in [1.807, 2.05) is 24.3 Å². The maximum absolute atomic E-state index is 12.3. The lowest BCUT2D eigenvalue weighted by Gasteiger charge is -2.36. The van der Waals surface area contributed by atoms with Crippen LogP contribution in [0.25, 0.3) is 0 Å². The van der Waals surface area contributed by atoms with Gasteiger partial charge in [0.15, 0.2) is 12.3 Å². The Hall–Kier alpha value is -3.16. The van der Waals surface area contributed by atoms with Gasteiger partial charge in [0.1, 0.15) is 5.75 Å². The highest BCUT2D eigenvalue weighted by atomic mass is 16.5. The molecule has 27 heavy (non-hydrogen) atoms. The van der Waals surface area contributed by atoms with Crippen molar-refractivity contribution in [3.63, 3.8) is 0 Å². The second-order valence-electron chi connectivity index (χ2n) is 6.16. The molecular weight excluding hydrogens is 348 g/mol. The summed E-state index contributed by atoms with van der Waals surface area (Å²) in [7, 11) is 1.64. The van der Waals surface area contributed by atoms with E-state index in [4.69, 9.17) is 9.47 Å². The molecule has 1 aromatic carbocycles. The van der Waals surface area contributed by atoms with Crippen molar-refractivity contribution in [3.8, 4) is 5.75 Å². The standard InChI is InChI=1S/C19H22N4O4/c1-14-11-21-15(12-20-14)19(25)27-13-18(24)23-9-7-22(8-10-23)16-5-3-4-6-17(16)26-2/h3-6,11-12H,7-10,13H2,1-2H3. The van der Waals surface area contributed by atoms with Crippen LogP contribution in [-0.2, 0) is 9.53 Å². The number of piperazine rings is 1. The van der Waals surface area contributed by atoms with E-state index in [0.717, 1.165) is 11.4 Å². The maximum Gasteiger partial charge on any atom is 0.359 e. The molecule has 1 aliphatic heterocycles. The molecule has 2 heterocycles. The predicted octanol–water partition coefficient (Wildman–Crippen LogP) is 1.30. The number of carbonyl (C=O) groups excluding carboxylic acids is 2. The molecule has 1 aliphatic rings. The third kappa shape index (κ3) is 4.52. The number of nitrogens with zero attached hydrogens (tertiary/aromatic N) is 4. The number of methoxy groups -OCH3 is 1. The summed E-state index contributed by atoms with van der Waals surface area (Å²) in [4.78, 5) is 36.1. The second kappa shape index (κ2) is 8.48. The van der Waals surface area contributed by atoms with Crippen molar-refractivity contribution in [2.75, 3.05) is 44.8 Å². The molecule has 142 valence electrons. The Balaban J connectivity index is 1.50. The topological polar surface area (TPSA) is 84.9 Å². The zero-order chi connectivity index (χ0) is 19.2. The molecule has 0 N–H and O–H groups in total. The van der Waals surface area contributed by atoms with Crippen LogP contribution >= 0.6 is 0 Å². The van der Waals surface area contributed by atoms with Gasteiger partial charge in [-0.15, -0.1) is 0 Å². The number of carbonyl (C=O) groups is 2. The maximum atomic E-state index is 12.3. The Morgan fingerprint density at radius 3 is 2.48 bits per heavy atom. The van der Waals surface area contributed by atoms with Gasteiger partial charge in [-0.3, -0.25) is 9.78 Å². The summed E-state index contributed by atoms with van der Waals surface area (Å²) in [6.45, 7) is 3.95. The average Bonchev–Trinajstić information content (AvgIpc) is 2.72. The van der Waals surface area contributed by atoms with Gasteiger partial charge in [-0.2, -0.15) is 0 Å². The SMILES string of the molecule is COc1ccccc1N1CCN(C(=O)COC(=O)c2cnc(C)cn2)CC1. The first kappa shape index (κ1) is 18.6. The number of amides is 1. The Bertz CT molecular complexity index is 802. The van der Waals surface area contributed by atoms with Crippen molar-refractivity contribution in [2.45, 2.75) is 6.92 Å². The Labute approximate surface area is 157 Å². The first-order valence-electron chi connectivity index (χ1n) is 8.70. The third-order valence-corrected chi connectivity index (χ3v) is 4.38. The van der Waals surface area contributed by atoms with Gasteiger partial charge in [0.05, 0.1) is 24.7 Å². The highest BCUT2D eigenvalue weighted by Crippen LogP contribution is 2.28. The minimum Gasteiger partial charge on any atom is -0.495 e. The summed E-state index contributed by atoms with van der Waals surface area (Å²) in [6, 6.07) is 7.80. The zero-order valence-corrected chi connectivity index (χ0v) is 15.4. The molecule has 0 unspecified atom stereocenters. The van der Waals surface area contributed by atoms with E-state index in [1.165, 1.54) is 12.4 Å². The number of aryl methyl sites for hydroxylation is 1. The van der Waals surface area contributed by atoms with E-state index in [1.54, 1.807) is 18.9 Å². The van der Waals surface area contributed by atoms with Crippen LogP contribution in [0.2, 0.25) is 0 Å². The van der Waals surface area contributed by atoms with E-state index in [-0.39, 0.29) is 18.2 Å². The van der Waals surface area contributed by atoms with Gasteiger partial charge in [-0.25, -0.2) is 9.78 Å². The minimum absolute atomic E-state index is 0.0920. The zero-order valence-electron chi connectivity index (χ0n) is 15.4. The summed E-state index contributed by atoms with van der Waals surface area (Å²) in [5.74, 6) is -0.0583. The largest absolute Gasteiger partial charge is 0.495 e. The molecule has 0 atom stereocenters. The van der Waals surface area contributed by atoms with Crippen LogP contribution in [-0.4, -0.2) is 66.6 Å². The van der Waals surface area contributed by atoms with E-state index >= 15 is 0 Å². The highest BCUT2D eigenvalue weighted by molar-refractivity contribution is 5.89. The van der Waals surface area contributed by atoms with Gasteiger partial charge >= 0.3 is 5.97 Å². The van der Waals surface area contributed by atoms with Gasteiger partial charge < -0.3 is 19.3 Å². The summed E-state index contributed by atoms with van der Waals surface area (Å²) < 4.78 is 10.5. The molecule has 3 rings (SSSR count). The van der Waals surface area contributed by atoms with E-state index in [9.17, 15) is 9.59 Å². The Kier molecular flexibility index (Phi) is 5.85. The number of hydrogen-bond acceptors (Lipinski definition) is 7. The molecule has 1 fully saturated rings. The van der Waals surface area contributed by atoms with Gasteiger partial charge in [0.2, 0.25) is 0 Å². The Morgan fingerprint density at radius 2 is 1.81 bits per heavy atom. The van der Waals surface area contributed by atoms with Crippen LogP contribution in [0.1, 0.15) is 16.2 Å². The fourth-order valence-corrected chi connectivity index (χ4v) is 2.88. The van der Waals surface area contributed by atoms with Crippen LogP contribution in [0.5, 0.6) is 5.75 Å². The van der Waals surface area contributed by atoms with Crippen molar-refractivity contribution >= 4 is 17.6 Å². The van der Waals surface area contributed by atoms with Crippen molar-refractivity contribution in [1.29, 1.82) is 0 Å². The molecule has 0 saturated carbocycles. The number of benzene rings is 1. The summed E-state index contributed by atoms with van der Waals surface area (Å²) >= 11 is 0. The molecule has 8 nitrogen and oxygen atoms in total. The predicted molar refractivity (Wildman–Crippen MR) is 98.8 cm³/mol. The van der Waals surface area contributed by atoms with E-state index < -0.39 is 5.97 Å². The lowest BCUT2D eigenvalue weighted by Crippen LogP contribution is -2.50. The number of rotatable bonds is 5. The molecular formula is C19H22N4O4. The number of hydrogen-bond donors (Lipinski definition) is 0. The monoisotopic (exact) mass is 370 g/mol. The first-order valence-corrected chi connectivity index (χ1v) is 8.70. The van der Waals surface area contributed by atoms with Crippen LogP contribution in [0.15, 0.2) is 36.7 Å². The normalized spacial score (nSPS) is 14.0. The molecule has 0 bridgehead atoms. The number of ether oxygens (including phenoxy) is 2. The van der Waals surface area contributed by atoms with Gasteiger partial charge in [0, 0.05) is 32.4 Å². The molecule has 0 radical (unpaired) electrons. The van der Waals surface area contributed by atoms with Crippen LogP contribution in [0, 0.1) is 6.92 Å². The smallest absolute Gasteiger partial charge is 0.359 e. The molecule has 1 amide bonds. The number of esters is 1. The van der Waals surface area contributed by atoms with Crippen molar-refractivity contribution in [1.82, 2.24) is 14.9 Å². The molecule has 0 spiro atoms. The fraction of sp³-hybridized carbons (Fsp3) is 0.368. The third-order valence-electron chi connectivity index (χ3n) is 4.38. The van der Waals surface area contributed by atoms with E-state index in [2.05, 4.69) is 14.9 Å². The van der Waals surface area contributed by atoms with Crippen LogP contribution in [0.4, 0.5) is 5.69 Å². The van der Waals surface area contributed by atoms with Gasteiger partial charge in [0.25, 0.3) is 5.91 Å². The molecule has 2 aromatic rings. The number of anilines is 1. The first-order chi connectivity index (χ1) is 13.1. The minimum atomic E-state index is -0.650. The average molecular weight is 370 g/mol. The molecule has 0 aliphatic carbocycles. The molecule has 1 aromatic heterocycles. The highest BCUT2D eigenvalue weighted by Gasteiger charge is 2.24.